The van der Waals surface area contributed by atoms with E-state index in [9.17, 15) is 15.2 Å². The van der Waals surface area contributed by atoms with Gasteiger partial charge >= 0.3 is 0 Å². The zero-order valence-corrected chi connectivity index (χ0v) is 17.4. The minimum Gasteiger partial charge on any atom is -0.506 e. The van der Waals surface area contributed by atoms with E-state index < -0.39 is 5.91 Å². The van der Waals surface area contributed by atoms with Crippen LogP contribution in [0.25, 0.3) is 20.8 Å². The molecule has 0 spiro atoms. The van der Waals surface area contributed by atoms with Gasteiger partial charge in [-0.15, -0.1) is 11.3 Å². The van der Waals surface area contributed by atoms with Crippen molar-refractivity contribution in [2.45, 2.75) is 6.92 Å². The number of amides is 1. The van der Waals surface area contributed by atoms with Crippen molar-refractivity contribution in [3.05, 3.63) is 84.1 Å². The summed E-state index contributed by atoms with van der Waals surface area (Å²) >= 11 is 1.64. The van der Waals surface area contributed by atoms with Gasteiger partial charge in [-0.3, -0.25) is 4.79 Å². The van der Waals surface area contributed by atoms with Gasteiger partial charge in [0.2, 0.25) is 0 Å². The molecular formula is C24H18N4O2S. The van der Waals surface area contributed by atoms with Crippen LogP contribution in [-0.2, 0) is 4.79 Å². The molecule has 0 bridgehead atoms. The van der Waals surface area contributed by atoms with E-state index in [4.69, 9.17) is 0 Å². The predicted octanol–water partition coefficient (Wildman–Crippen LogP) is 5.44. The lowest BCUT2D eigenvalue weighted by Crippen LogP contribution is -2.14. The number of hydrogen-bond acceptors (Lipinski definition) is 6. The molecule has 0 aliphatic carbocycles. The van der Waals surface area contributed by atoms with E-state index in [-0.39, 0.29) is 17.0 Å². The number of nitriles is 1. The van der Waals surface area contributed by atoms with Gasteiger partial charge in [0.25, 0.3) is 5.91 Å². The molecule has 0 saturated carbocycles. The molecule has 6 nitrogen and oxygen atoms in total. The Bertz CT molecular complexity index is 1330. The molecule has 0 aliphatic rings. The number of phenolic OH excluding ortho intramolecular Hbond substituents is 1. The predicted molar refractivity (Wildman–Crippen MR) is 124 cm³/mol. The number of para-hydroxylation sites is 2. The number of rotatable bonds is 5. The van der Waals surface area contributed by atoms with Gasteiger partial charge in [0, 0.05) is 17.5 Å². The maximum Gasteiger partial charge on any atom is 0.267 e. The first-order valence-corrected chi connectivity index (χ1v) is 10.3. The number of benzene rings is 3. The standard InChI is InChI=1S/C24H18N4O2S/c1-15-6-11-20-22(12-15)31-24(28-20)16-7-9-18(10-8-16)26-14-17(13-25)23(30)27-19-4-2-3-5-21(19)29/h2-12,14,26,29H,1H3,(H,27,30)/b17-14-. The van der Waals surface area contributed by atoms with Crippen molar-refractivity contribution in [3.63, 3.8) is 0 Å². The molecule has 31 heavy (non-hydrogen) atoms. The molecule has 3 N–H and O–H groups in total. The van der Waals surface area contributed by atoms with Crippen LogP contribution < -0.4 is 10.6 Å². The summed E-state index contributed by atoms with van der Waals surface area (Å²) in [4.78, 5) is 17.0. The molecule has 0 radical (unpaired) electrons. The third-order valence-electron chi connectivity index (χ3n) is 4.58. The highest BCUT2D eigenvalue weighted by Crippen LogP contribution is 2.31. The molecule has 152 valence electrons. The number of aromatic nitrogens is 1. The number of phenols is 1. The number of nitrogens with zero attached hydrogens (tertiary/aromatic N) is 2. The number of anilines is 2. The Balaban J connectivity index is 1.47. The summed E-state index contributed by atoms with van der Waals surface area (Å²) in [6, 6.07) is 22.0. The maximum absolute atomic E-state index is 12.3. The Kier molecular flexibility index (Phi) is 5.65. The fourth-order valence-corrected chi connectivity index (χ4v) is 4.01. The minimum atomic E-state index is -0.613. The maximum atomic E-state index is 12.3. The first-order chi connectivity index (χ1) is 15.0. The molecule has 1 heterocycles. The monoisotopic (exact) mass is 426 g/mol. The van der Waals surface area contributed by atoms with Gasteiger partial charge in [-0.25, -0.2) is 4.98 Å². The van der Waals surface area contributed by atoms with Crippen molar-refractivity contribution in [1.29, 1.82) is 5.26 Å². The zero-order valence-electron chi connectivity index (χ0n) is 16.6. The van der Waals surface area contributed by atoms with Crippen LogP contribution in [-0.4, -0.2) is 16.0 Å². The molecule has 1 amide bonds. The van der Waals surface area contributed by atoms with Crippen molar-refractivity contribution in [2.24, 2.45) is 0 Å². The fourth-order valence-electron chi connectivity index (χ4n) is 2.94. The first-order valence-electron chi connectivity index (χ1n) is 9.47. The lowest BCUT2D eigenvalue weighted by atomic mass is 10.2. The van der Waals surface area contributed by atoms with Crippen LogP contribution in [0.3, 0.4) is 0 Å². The second kappa shape index (κ2) is 8.69. The highest BCUT2D eigenvalue weighted by atomic mass is 32.1. The van der Waals surface area contributed by atoms with E-state index in [1.165, 1.54) is 17.8 Å². The van der Waals surface area contributed by atoms with E-state index in [2.05, 4.69) is 28.6 Å². The fraction of sp³-hybridized carbons (Fsp3) is 0.0417. The molecule has 4 rings (SSSR count). The zero-order chi connectivity index (χ0) is 21.8. The van der Waals surface area contributed by atoms with Crippen molar-refractivity contribution >= 4 is 38.8 Å². The van der Waals surface area contributed by atoms with Gasteiger partial charge in [0.15, 0.2) is 0 Å². The van der Waals surface area contributed by atoms with Crippen LogP contribution in [0, 0.1) is 18.3 Å². The molecule has 0 saturated heterocycles. The Morgan fingerprint density at radius 1 is 1.13 bits per heavy atom. The van der Waals surface area contributed by atoms with E-state index in [0.717, 1.165) is 26.5 Å². The second-order valence-electron chi connectivity index (χ2n) is 6.85. The Hall–Kier alpha value is -4.15. The topological polar surface area (TPSA) is 98.0 Å². The number of hydrogen-bond donors (Lipinski definition) is 3. The molecule has 7 heteroatoms. The number of nitrogens with one attached hydrogen (secondary N) is 2. The van der Waals surface area contributed by atoms with Gasteiger partial charge in [0.05, 0.1) is 15.9 Å². The van der Waals surface area contributed by atoms with E-state index >= 15 is 0 Å². The van der Waals surface area contributed by atoms with Crippen molar-refractivity contribution < 1.29 is 9.90 Å². The van der Waals surface area contributed by atoms with Crippen molar-refractivity contribution in [2.75, 3.05) is 10.6 Å². The molecular weight excluding hydrogens is 408 g/mol. The molecule has 0 atom stereocenters. The van der Waals surface area contributed by atoms with Crippen LogP contribution in [0.1, 0.15) is 5.56 Å². The number of thiazole rings is 1. The summed E-state index contributed by atoms with van der Waals surface area (Å²) in [5.41, 5.74) is 4.02. The smallest absolute Gasteiger partial charge is 0.267 e. The average molecular weight is 427 g/mol. The molecule has 0 fully saturated rings. The molecule has 0 aliphatic heterocycles. The minimum absolute atomic E-state index is 0.0679. The van der Waals surface area contributed by atoms with E-state index in [1.54, 1.807) is 29.5 Å². The van der Waals surface area contributed by atoms with Crippen LogP contribution in [0.2, 0.25) is 0 Å². The van der Waals surface area contributed by atoms with Crippen LogP contribution in [0.15, 0.2) is 78.5 Å². The summed E-state index contributed by atoms with van der Waals surface area (Å²) in [6.07, 6.45) is 1.34. The van der Waals surface area contributed by atoms with Crippen molar-refractivity contribution in [1.82, 2.24) is 4.98 Å². The highest BCUT2D eigenvalue weighted by molar-refractivity contribution is 7.21. The molecule has 4 aromatic rings. The third kappa shape index (κ3) is 4.55. The number of carbonyl (C=O) groups is 1. The molecule has 0 unspecified atom stereocenters. The van der Waals surface area contributed by atoms with Crippen LogP contribution in [0.4, 0.5) is 11.4 Å². The van der Waals surface area contributed by atoms with E-state index in [0.29, 0.717) is 0 Å². The summed E-state index contributed by atoms with van der Waals surface area (Å²) in [5, 5.41) is 25.5. The lowest BCUT2D eigenvalue weighted by molar-refractivity contribution is -0.112. The summed E-state index contributed by atoms with van der Waals surface area (Å²) in [7, 11) is 0. The van der Waals surface area contributed by atoms with Crippen LogP contribution >= 0.6 is 11.3 Å². The SMILES string of the molecule is Cc1ccc2nc(-c3ccc(N/C=C(/C#N)C(=O)Nc4ccccc4O)cc3)sc2c1. The normalized spacial score (nSPS) is 11.2. The number of aryl methyl sites for hydroxylation is 1. The first kappa shape index (κ1) is 20.1. The van der Waals surface area contributed by atoms with E-state index in [1.807, 2.05) is 42.5 Å². The Morgan fingerprint density at radius 3 is 2.65 bits per heavy atom. The van der Waals surface area contributed by atoms with Gasteiger partial charge in [-0.05, 0) is 61.0 Å². The number of fused-ring (bicyclic) bond motifs is 1. The quantitative estimate of drug-likeness (QED) is 0.224. The van der Waals surface area contributed by atoms with Crippen LogP contribution in [0.5, 0.6) is 5.75 Å². The highest BCUT2D eigenvalue weighted by Gasteiger charge is 2.11. The number of aromatic hydroxyl groups is 1. The van der Waals surface area contributed by atoms with Crippen molar-refractivity contribution in [3.8, 4) is 22.4 Å². The Labute approximate surface area is 183 Å². The lowest BCUT2D eigenvalue weighted by Gasteiger charge is -2.07. The van der Waals surface area contributed by atoms with Gasteiger partial charge < -0.3 is 15.7 Å². The summed E-state index contributed by atoms with van der Waals surface area (Å²) in [6.45, 7) is 2.06. The largest absolute Gasteiger partial charge is 0.506 e. The molecule has 3 aromatic carbocycles. The average Bonchev–Trinajstić information content (AvgIpc) is 3.19. The van der Waals surface area contributed by atoms with Gasteiger partial charge in [0.1, 0.15) is 22.4 Å². The summed E-state index contributed by atoms with van der Waals surface area (Å²) < 4.78 is 1.15. The van der Waals surface area contributed by atoms with Gasteiger partial charge in [-0.1, -0.05) is 18.2 Å². The summed E-state index contributed by atoms with van der Waals surface area (Å²) in [5.74, 6) is -0.681. The van der Waals surface area contributed by atoms with Gasteiger partial charge in [-0.2, -0.15) is 5.26 Å². The Morgan fingerprint density at radius 2 is 1.90 bits per heavy atom. The molecule has 1 aromatic heterocycles. The number of carbonyl (C=O) groups excluding carboxylic acids is 1. The second-order valence-corrected chi connectivity index (χ2v) is 7.88. The third-order valence-corrected chi connectivity index (χ3v) is 5.64.